The smallest absolute Gasteiger partial charge is 0.269 e. The van der Waals surface area contributed by atoms with Crippen molar-refractivity contribution in [2.24, 2.45) is 0 Å². The summed E-state index contributed by atoms with van der Waals surface area (Å²) < 4.78 is 13.5. The van der Waals surface area contributed by atoms with E-state index in [9.17, 15) is 14.9 Å². The van der Waals surface area contributed by atoms with Crippen LogP contribution in [0.3, 0.4) is 0 Å². The van der Waals surface area contributed by atoms with Crippen LogP contribution in [0.2, 0.25) is 0 Å². The molecule has 0 amide bonds. The van der Waals surface area contributed by atoms with Gasteiger partial charge in [0.25, 0.3) is 5.69 Å². The predicted molar refractivity (Wildman–Crippen MR) is 127 cm³/mol. The average molecular weight is 453 g/mol. The Kier molecular flexibility index (Phi) is 5.39. The fourth-order valence-electron chi connectivity index (χ4n) is 3.76. The number of benzene rings is 3. The monoisotopic (exact) mass is 453 g/mol. The van der Waals surface area contributed by atoms with Crippen molar-refractivity contribution in [3.05, 3.63) is 117 Å². The molecule has 2 aromatic heterocycles. The van der Waals surface area contributed by atoms with Crippen molar-refractivity contribution in [3.63, 3.8) is 0 Å². The highest BCUT2D eigenvalue weighted by atomic mass is 16.6. The Morgan fingerprint density at radius 2 is 1.82 bits per heavy atom. The number of non-ortho nitro benzene ring substituents is 1. The van der Waals surface area contributed by atoms with Crippen molar-refractivity contribution in [1.82, 2.24) is 9.78 Å². The highest BCUT2D eigenvalue weighted by Gasteiger charge is 2.16. The van der Waals surface area contributed by atoms with E-state index in [0.717, 1.165) is 11.3 Å². The molecular formula is C26H19N3O5. The van der Waals surface area contributed by atoms with Crippen LogP contribution < -0.4 is 10.2 Å². The van der Waals surface area contributed by atoms with Crippen LogP contribution in [0.5, 0.6) is 5.75 Å². The molecule has 5 aromatic rings. The maximum absolute atomic E-state index is 13.3. The zero-order valence-corrected chi connectivity index (χ0v) is 18.2. The van der Waals surface area contributed by atoms with E-state index in [0.29, 0.717) is 33.6 Å². The summed E-state index contributed by atoms with van der Waals surface area (Å²) >= 11 is 0. The lowest BCUT2D eigenvalue weighted by molar-refractivity contribution is -0.384. The average Bonchev–Trinajstić information content (AvgIpc) is 3.33. The number of ether oxygens (including phenoxy) is 1. The van der Waals surface area contributed by atoms with Gasteiger partial charge in [-0.1, -0.05) is 18.2 Å². The Morgan fingerprint density at radius 3 is 2.56 bits per heavy atom. The second kappa shape index (κ2) is 8.67. The van der Waals surface area contributed by atoms with E-state index >= 15 is 0 Å². The Balaban J connectivity index is 1.42. The summed E-state index contributed by atoms with van der Waals surface area (Å²) in [7, 11) is 0. The van der Waals surface area contributed by atoms with Gasteiger partial charge in [0.15, 0.2) is 0 Å². The SMILES string of the molecule is Cc1oc2cc(OCc3ccc([N+](=O)[O-])cc3)ccc2c(=O)c1-c1cnn(-c2ccccc2)c1. The van der Waals surface area contributed by atoms with Gasteiger partial charge in [-0.15, -0.1) is 0 Å². The molecule has 0 saturated heterocycles. The summed E-state index contributed by atoms with van der Waals surface area (Å²) in [6.07, 6.45) is 3.46. The minimum absolute atomic E-state index is 0.0248. The highest BCUT2D eigenvalue weighted by molar-refractivity contribution is 5.83. The summed E-state index contributed by atoms with van der Waals surface area (Å²) in [4.78, 5) is 23.6. The number of nitro benzene ring substituents is 1. The molecule has 0 aliphatic rings. The van der Waals surface area contributed by atoms with E-state index in [1.165, 1.54) is 12.1 Å². The standard InChI is InChI=1S/C26H19N3O5/c1-17-25(19-14-27-28(15-19)20-5-3-2-4-6-20)26(30)23-12-11-22(13-24(23)34-17)33-16-18-7-9-21(10-8-18)29(31)32/h2-15H,16H2,1H3. The normalized spacial score (nSPS) is 11.0. The molecule has 0 aliphatic heterocycles. The molecule has 0 aliphatic carbocycles. The number of aromatic nitrogens is 2. The number of nitrogens with zero attached hydrogens (tertiary/aromatic N) is 3. The molecular weight excluding hydrogens is 434 g/mol. The third-order valence-electron chi connectivity index (χ3n) is 5.48. The van der Waals surface area contributed by atoms with E-state index in [4.69, 9.17) is 9.15 Å². The number of nitro groups is 1. The highest BCUT2D eigenvalue weighted by Crippen LogP contribution is 2.27. The fraction of sp³-hybridized carbons (Fsp3) is 0.0769. The topological polar surface area (TPSA) is 100 Å². The molecule has 0 atom stereocenters. The maximum atomic E-state index is 13.3. The van der Waals surface area contributed by atoms with Crippen molar-refractivity contribution in [2.75, 3.05) is 0 Å². The lowest BCUT2D eigenvalue weighted by Gasteiger charge is -2.09. The van der Waals surface area contributed by atoms with E-state index in [2.05, 4.69) is 5.10 Å². The Bertz CT molecular complexity index is 1550. The first-order valence-electron chi connectivity index (χ1n) is 10.5. The van der Waals surface area contributed by atoms with Gasteiger partial charge in [-0.05, 0) is 48.9 Å². The number of para-hydroxylation sites is 1. The molecule has 0 fully saturated rings. The van der Waals surface area contributed by atoms with Crippen molar-refractivity contribution in [1.29, 1.82) is 0 Å². The summed E-state index contributed by atoms with van der Waals surface area (Å²) in [5.74, 6) is 1.01. The summed E-state index contributed by atoms with van der Waals surface area (Å²) in [6, 6.07) is 20.9. The summed E-state index contributed by atoms with van der Waals surface area (Å²) in [5, 5.41) is 15.6. The fourth-order valence-corrected chi connectivity index (χ4v) is 3.76. The van der Waals surface area contributed by atoms with E-state index < -0.39 is 4.92 Å². The Morgan fingerprint density at radius 1 is 1.06 bits per heavy atom. The first-order chi connectivity index (χ1) is 16.5. The van der Waals surface area contributed by atoms with Crippen molar-refractivity contribution >= 4 is 16.7 Å². The lowest BCUT2D eigenvalue weighted by Crippen LogP contribution is -2.07. The van der Waals surface area contributed by atoms with Gasteiger partial charge < -0.3 is 9.15 Å². The van der Waals surface area contributed by atoms with Gasteiger partial charge in [-0.2, -0.15) is 5.10 Å². The zero-order valence-electron chi connectivity index (χ0n) is 18.2. The number of rotatable bonds is 6. The second-order valence-electron chi connectivity index (χ2n) is 7.74. The number of aryl methyl sites for hydroxylation is 1. The summed E-state index contributed by atoms with van der Waals surface area (Å²) in [5.41, 5.74) is 3.12. The van der Waals surface area contributed by atoms with Crippen LogP contribution in [-0.4, -0.2) is 14.7 Å². The number of hydrogen-bond donors (Lipinski definition) is 0. The molecule has 0 saturated carbocycles. The zero-order chi connectivity index (χ0) is 23.7. The molecule has 0 N–H and O–H groups in total. The van der Waals surface area contributed by atoms with Gasteiger partial charge in [-0.25, -0.2) is 4.68 Å². The van der Waals surface area contributed by atoms with Gasteiger partial charge in [0.2, 0.25) is 5.43 Å². The van der Waals surface area contributed by atoms with E-state index in [1.807, 2.05) is 36.5 Å². The molecule has 0 radical (unpaired) electrons. The van der Waals surface area contributed by atoms with Crippen LogP contribution in [0.25, 0.3) is 27.8 Å². The van der Waals surface area contributed by atoms with Crippen molar-refractivity contribution < 1.29 is 14.1 Å². The number of fused-ring (bicyclic) bond motifs is 1. The molecule has 0 spiro atoms. The molecule has 8 heteroatoms. The third kappa shape index (κ3) is 4.04. The first kappa shape index (κ1) is 21.1. The Labute approximate surface area is 193 Å². The van der Waals surface area contributed by atoms with Crippen LogP contribution in [-0.2, 0) is 6.61 Å². The number of hydrogen-bond acceptors (Lipinski definition) is 6. The van der Waals surface area contributed by atoms with E-state index in [-0.39, 0.29) is 17.7 Å². The summed E-state index contributed by atoms with van der Waals surface area (Å²) in [6.45, 7) is 1.98. The minimum Gasteiger partial charge on any atom is -0.489 e. The van der Waals surface area contributed by atoms with Gasteiger partial charge >= 0.3 is 0 Å². The molecule has 34 heavy (non-hydrogen) atoms. The largest absolute Gasteiger partial charge is 0.489 e. The lowest BCUT2D eigenvalue weighted by atomic mass is 10.1. The molecule has 0 unspecified atom stereocenters. The van der Waals surface area contributed by atoms with Crippen molar-refractivity contribution in [2.45, 2.75) is 13.5 Å². The predicted octanol–water partition coefficient (Wildman–Crippen LogP) is 5.44. The first-order valence-corrected chi connectivity index (χ1v) is 10.5. The van der Waals surface area contributed by atoms with Crippen LogP contribution in [0.1, 0.15) is 11.3 Å². The van der Waals surface area contributed by atoms with Crippen LogP contribution in [0.15, 0.2) is 94.4 Å². The van der Waals surface area contributed by atoms with Gasteiger partial charge in [0.1, 0.15) is 23.7 Å². The molecule has 3 aromatic carbocycles. The third-order valence-corrected chi connectivity index (χ3v) is 5.48. The minimum atomic E-state index is -0.445. The second-order valence-corrected chi connectivity index (χ2v) is 7.74. The molecule has 2 heterocycles. The van der Waals surface area contributed by atoms with Crippen LogP contribution in [0, 0.1) is 17.0 Å². The molecule has 5 rings (SSSR count). The van der Waals surface area contributed by atoms with Crippen molar-refractivity contribution in [3.8, 4) is 22.6 Å². The molecule has 8 nitrogen and oxygen atoms in total. The van der Waals surface area contributed by atoms with Crippen LogP contribution >= 0.6 is 0 Å². The van der Waals surface area contributed by atoms with Gasteiger partial charge in [0, 0.05) is 30.0 Å². The van der Waals surface area contributed by atoms with E-state index in [1.54, 1.807) is 48.1 Å². The quantitative estimate of drug-likeness (QED) is 0.251. The van der Waals surface area contributed by atoms with Gasteiger partial charge in [0.05, 0.1) is 27.8 Å². The molecule has 168 valence electrons. The van der Waals surface area contributed by atoms with Crippen LogP contribution in [0.4, 0.5) is 5.69 Å². The Hall–Kier alpha value is -4.72. The maximum Gasteiger partial charge on any atom is 0.269 e. The molecule has 0 bridgehead atoms. The van der Waals surface area contributed by atoms with Gasteiger partial charge in [-0.3, -0.25) is 14.9 Å².